The minimum atomic E-state index is 0.00636. The second-order valence-corrected chi connectivity index (χ2v) is 6.72. The molecule has 0 aromatic carbocycles. The summed E-state index contributed by atoms with van der Waals surface area (Å²) in [4.78, 5) is 20.6. The summed E-state index contributed by atoms with van der Waals surface area (Å²) >= 11 is 7.19. The maximum atomic E-state index is 12.2. The van der Waals surface area contributed by atoms with E-state index in [-0.39, 0.29) is 5.78 Å². The van der Waals surface area contributed by atoms with Crippen LogP contribution in [0, 0.1) is 11.3 Å². The summed E-state index contributed by atoms with van der Waals surface area (Å²) in [5.74, 6) is 1.07. The number of hydrogen-bond acceptors (Lipinski definition) is 6. The van der Waals surface area contributed by atoms with Crippen LogP contribution in [0.25, 0.3) is 11.4 Å². The molecule has 25 heavy (non-hydrogen) atoms. The molecule has 0 aliphatic heterocycles. The van der Waals surface area contributed by atoms with Crippen LogP contribution >= 0.6 is 22.9 Å². The topological polar surface area (TPSA) is 84.5 Å². The van der Waals surface area contributed by atoms with Crippen LogP contribution < -0.4 is 0 Å². The SMILES string of the molecule is C=C(CCC(=O)c1csc(Cl)c1)c1ncnn1-c1ccc(C#N)cn1. The van der Waals surface area contributed by atoms with Crippen LogP contribution in [0.15, 0.2) is 42.7 Å². The summed E-state index contributed by atoms with van der Waals surface area (Å²) in [6.45, 7) is 4.01. The van der Waals surface area contributed by atoms with Crippen molar-refractivity contribution < 1.29 is 4.79 Å². The first-order chi connectivity index (χ1) is 12.1. The molecule has 0 aliphatic rings. The zero-order valence-electron chi connectivity index (χ0n) is 13.0. The molecule has 0 fully saturated rings. The number of halogens is 1. The predicted molar refractivity (Wildman–Crippen MR) is 95.8 cm³/mol. The molecule has 0 radical (unpaired) electrons. The molecule has 0 spiro atoms. The Balaban J connectivity index is 1.72. The highest BCUT2D eigenvalue weighted by Crippen LogP contribution is 2.23. The maximum absolute atomic E-state index is 12.2. The maximum Gasteiger partial charge on any atom is 0.164 e. The van der Waals surface area contributed by atoms with Gasteiger partial charge in [0.15, 0.2) is 17.4 Å². The fraction of sp³-hybridized carbons (Fsp3) is 0.118. The molecule has 0 N–H and O–H groups in total. The lowest BCUT2D eigenvalue weighted by atomic mass is 10.1. The van der Waals surface area contributed by atoms with E-state index in [0.29, 0.717) is 45.5 Å². The molecule has 6 nitrogen and oxygen atoms in total. The lowest BCUT2D eigenvalue weighted by Crippen LogP contribution is -2.06. The van der Waals surface area contributed by atoms with Crippen molar-refractivity contribution in [3.8, 4) is 11.9 Å². The second kappa shape index (κ2) is 7.38. The Kier molecular flexibility index (Phi) is 5.03. The zero-order valence-corrected chi connectivity index (χ0v) is 14.6. The van der Waals surface area contributed by atoms with Crippen LogP contribution in [0.3, 0.4) is 0 Å². The number of aromatic nitrogens is 4. The van der Waals surface area contributed by atoms with E-state index in [1.807, 2.05) is 6.07 Å². The van der Waals surface area contributed by atoms with Gasteiger partial charge in [-0.2, -0.15) is 15.0 Å². The van der Waals surface area contributed by atoms with Crippen LogP contribution in [-0.2, 0) is 0 Å². The number of Topliss-reactive ketones (excluding diaryl/α,β-unsaturated/α-hetero) is 1. The first-order valence-corrected chi connectivity index (χ1v) is 8.56. The van der Waals surface area contributed by atoms with Crippen LogP contribution in [0.5, 0.6) is 0 Å². The Morgan fingerprint density at radius 2 is 2.20 bits per heavy atom. The molecule has 0 atom stereocenters. The molecule has 0 aliphatic carbocycles. The molecule has 8 heteroatoms. The van der Waals surface area contributed by atoms with Gasteiger partial charge in [-0.3, -0.25) is 4.79 Å². The number of ketones is 1. The quantitative estimate of drug-likeness (QED) is 0.614. The van der Waals surface area contributed by atoms with E-state index in [2.05, 4.69) is 21.6 Å². The molecule has 3 aromatic rings. The summed E-state index contributed by atoms with van der Waals surface area (Å²) in [5, 5.41) is 14.7. The minimum absolute atomic E-state index is 0.00636. The smallest absolute Gasteiger partial charge is 0.164 e. The van der Waals surface area contributed by atoms with E-state index in [4.69, 9.17) is 16.9 Å². The molecule has 0 unspecified atom stereocenters. The van der Waals surface area contributed by atoms with Crippen LogP contribution in [0.2, 0.25) is 4.34 Å². The zero-order chi connectivity index (χ0) is 17.8. The standard InChI is InChI=1S/C17H12ClN5OS/c1-11(2-4-14(24)13-6-15(18)25-9-13)17-21-10-22-23(17)16-5-3-12(7-19)8-20-16/h3,5-6,8-10H,1-2,4H2. The van der Waals surface area contributed by atoms with Crippen molar-refractivity contribution in [2.45, 2.75) is 12.8 Å². The second-order valence-electron chi connectivity index (χ2n) is 5.18. The normalized spacial score (nSPS) is 10.4. The third-order valence-corrected chi connectivity index (χ3v) is 4.59. The summed E-state index contributed by atoms with van der Waals surface area (Å²) < 4.78 is 2.13. The van der Waals surface area contributed by atoms with Crippen molar-refractivity contribution in [2.24, 2.45) is 0 Å². The third-order valence-electron chi connectivity index (χ3n) is 3.50. The van der Waals surface area contributed by atoms with Gasteiger partial charge < -0.3 is 0 Å². The van der Waals surface area contributed by atoms with Gasteiger partial charge >= 0.3 is 0 Å². The van der Waals surface area contributed by atoms with E-state index in [9.17, 15) is 4.79 Å². The number of nitriles is 1. The fourth-order valence-corrected chi connectivity index (χ4v) is 3.09. The van der Waals surface area contributed by atoms with E-state index < -0.39 is 0 Å². The fourth-order valence-electron chi connectivity index (χ4n) is 2.20. The number of carbonyl (C=O) groups excluding carboxylic acids is 1. The average Bonchev–Trinajstić information content (AvgIpc) is 3.28. The highest BCUT2D eigenvalue weighted by molar-refractivity contribution is 7.14. The number of nitrogens with zero attached hydrogens (tertiary/aromatic N) is 5. The predicted octanol–water partition coefficient (Wildman–Crippen LogP) is 3.93. The van der Waals surface area contributed by atoms with Crippen molar-refractivity contribution in [1.82, 2.24) is 19.7 Å². The molecule has 0 saturated carbocycles. The van der Waals surface area contributed by atoms with Crippen molar-refractivity contribution in [1.29, 1.82) is 5.26 Å². The molecule has 0 saturated heterocycles. The highest BCUT2D eigenvalue weighted by atomic mass is 35.5. The summed E-state index contributed by atoms with van der Waals surface area (Å²) in [6.07, 6.45) is 3.62. The molecule has 3 heterocycles. The van der Waals surface area contributed by atoms with Gasteiger partial charge in [0, 0.05) is 23.6 Å². The third kappa shape index (κ3) is 3.82. The van der Waals surface area contributed by atoms with Gasteiger partial charge in [-0.05, 0) is 30.2 Å². The van der Waals surface area contributed by atoms with Gasteiger partial charge in [0.2, 0.25) is 0 Å². The van der Waals surface area contributed by atoms with Gasteiger partial charge in [0.05, 0.1) is 9.90 Å². The number of rotatable bonds is 6. The van der Waals surface area contributed by atoms with E-state index in [1.54, 1.807) is 23.6 Å². The monoisotopic (exact) mass is 369 g/mol. The molecule has 124 valence electrons. The summed E-state index contributed by atoms with van der Waals surface area (Å²) in [5.41, 5.74) is 1.75. The van der Waals surface area contributed by atoms with Crippen molar-refractivity contribution in [3.05, 3.63) is 64.0 Å². The van der Waals surface area contributed by atoms with Gasteiger partial charge in [-0.25, -0.2) is 9.97 Å². The summed E-state index contributed by atoms with van der Waals surface area (Å²) in [6, 6.07) is 7.02. The molecule has 0 amide bonds. The Morgan fingerprint density at radius 1 is 1.36 bits per heavy atom. The van der Waals surface area contributed by atoms with E-state index >= 15 is 0 Å². The van der Waals surface area contributed by atoms with Gasteiger partial charge in [0.25, 0.3) is 0 Å². The minimum Gasteiger partial charge on any atom is -0.294 e. The first-order valence-electron chi connectivity index (χ1n) is 7.30. The number of thiophene rings is 1. The van der Waals surface area contributed by atoms with Crippen LogP contribution in [0.4, 0.5) is 0 Å². The van der Waals surface area contributed by atoms with E-state index in [0.717, 1.165) is 0 Å². The summed E-state index contributed by atoms with van der Waals surface area (Å²) in [7, 11) is 0. The molecule has 3 aromatic heterocycles. The van der Waals surface area contributed by atoms with E-state index in [1.165, 1.54) is 28.5 Å². The van der Waals surface area contributed by atoms with Crippen molar-refractivity contribution >= 4 is 34.3 Å². The Labute approximate surface area is 153 Å². The van der Waals surface area contributed by atoms with Gasteiger partial charge in [-0.1, -0.05) is 18.2 Å². The molecule has 3 rings (SSSR count). The molecule has 0 bridgehead atoms. The number of pyridine rings is 1. The first kappa shape index (κ1) is 17.0. The Hall–Kier alpha value is -2.82. The molecular formula is C17H12ClN5OS. The van der Waals surface area contributed by atoms with Crippen LogP contribution in [-0.4, -0.2) is 25.5 Å². The molecular weight excluding hydrogens is 358 g/mol. The van der Waals surface area contributed by atoms with Gasteiger partial charge in [-0.15, -0.1) is 11.3 Å². The van der Waals surface area contributed by atoms with Crippen LogP contribution in [0.1, 0.15) is 34.6 Å². The van der Waals surface area contributed by atoms with Crippen molar-refractivity contribution in [3.63, 3.8) is 0 Å². The number of carbonyl (C=O) groups is 1. The Bertz CT molecular complexity index is 968. The number of hydrogen-bond donors (Lipinski definition) is 0. The van der Waals surface area contributed by atoms with Gasteiger partial charge in [0.1, 0.15) is 12.4 Å². The Morgan fingerprint density at radius 3 is 2.84 bits per heavy atom. The number of allylic oxidation sites excluding steroid dienone is 1. The average molecular weight is 370 g/mol. The van der Waals surface area contributed by atoms with Crippen molar-refractivity contribution in [2.75, 3.05) is 0 Å². The lowest BCUT2D eigenvalue weighted by Gasteiger charge is -2.07. The largest absolute Gasteiger partial charge is 0.294 e. The highest BCUT2D eigenvalue weighted by Gasteiger charge is 2.14. The lowest BCUT2D eigenvalue weighted by molar-refractivity contribution is 0.0984.